The second kappa shape index (κ2) is 6.21. The summed E-state index contributed by atoms with van der Waals surface area (Å²) in [5, 5.41) is 2.09. The Morgan fingerprint density at radius 1 is 1.00 bits per heavy atom. The van der Waals surface area contributed by atoms with Gasteiger partial charge in [-0.2, -0.15) is 0 Å². The van der Waals surface area contributed by atoms with Crippen molar-refractivity contribution in [2.45, 2.75) is 19.3 Å². The minimum Gasteiger partial charge on any atom is -0.453 e. The summed E-state index contributed by atoms with van der Waals surface area (Å²) in [7, 11) is 0. The molecule has 0 N–H and O–H groups in total. The summed E-state index contributed by atoms with van der Waals surface area (Å²) in [6.45, 7) is -0.222. The van der Waals surface area contributed by atoms with Crippen molar-refractivity contribution in [3.05, 3.63) is 69.4 Å². The van der Waals surface area contributed by atoms with E-state index in [0.717, 1.165) is 30.0 Å². The van der Waals surface area contributed by atoms with Crippen molar-refractivity contribution in [3.8, 4) is 0 Å². The highest BCUT2D eigenvalue weighted by Gasteiger charge is 2.20. The van der Waals surface area contributed by atoms with Gasteiger partial charge in [-0.15, -0.1) is 11.3 Å². The zero-order chi connectivity index (χ0) is 16.5. The number of ether oxygens (including phenoxy) is 1. The molecule has 0 radical (unpaired) electrons. The number of hydrogen-bond donors (Lipinski definition) is 0. The lowest BCUT2D eigenvalue weighted by Crippen LogP contribution is -2.13. The Bertz CT molecular complexity index is 917. The summed E-state index contributed by atoms with van der Waals surface area (Å²) in [6, 6.07) is 15.3. The van der Waals surface area contributed by atoms with Crippen LogP contribution in [0.25, 0.3) is 10.8 Å². The first kappa shape index (κ1) is 15.1. The average Bonchev–Trinajstić information content (AvgIpc) is 3.21. The number of carbonyl (C=O) groups is 2. The number of ketones is 1. The molecule has 0 spiro atoms. The first-order chi connectivity index (χ1) is 11.7. The smallest absolute Gasteiger partial charge is 0.348 e. The second-order valence-corrected chi connectivity index (χ2v) is 7.11. The fraction of sp³-hybridized carbons (Fsp3) is 0.200. The summed E-state index contributed by atoms with van der Waals surface area (Å²) in [5.41, 5.74) is 1.82. The maximum Gasteiger partial charge on any atom is 0.348 e. The molecule has 1 heterocycles. The molecule has 4 rings (SSSR count). The van der Waals surface area contributed by atoms with E-state index in [1.54, 1.807) is 6.07 Å². The zero-order valence-electron chi connectivity index (χ0n) is 13.1. The molecule has 3 aromatic rings. The van der Waals surface area contributed by atoms with E-state index in [1.807, 2.05) is 42.5 Å². The van der Waals surface area contributed by atoms with E-state index >= 15 is 0 Å². The Morgan fingerprint density at radius 3 is 2.67 bits per heavy atom. The second-order valence-electron chi connectivity index (χ2n) is 5.97. The highest BCUT2D eigenvalue weighted by molar-refractivity contribution is 7.14. The van der Waals surface area contributed by atoms with Crippen LogP contribution in [0.15, 0.2) is 48.5 Å². The molecule has 0 unspecified atom stereocenters. The third kappa shape index (κ3) is 2.85. The van der Waals surface area contributed by atoms with Gasteiger partial charge in [-0.05, 0) is 47.7 Å². The monoisotopic (exact) mass is 336 g/mol. The highest BCUT2D eigenvalue weighted by Crippen LogP contribution is 2.30. The topological polar surface area (TPSA) is 43.4 Å². The van der Waals surface area contributed by atoms with E-state index in [1.165, 1.54) is 21.8 Å². The normalized spacial score (nSPS) is 13.0. The lowest BCUT2D eigenvalue weighted by Gasteiger charge is -2.05. The molecule has 0 aliphatic heterocycles. The molecule has 1 aliphatic rings. The number of Topliss-reactive ketones (excluding diaryl/α,β-unsaturated/α-hetero) is 1. The number of rotatable bonds is 4. The van der Waals surface area contributed by atoms with Crippen LogP contribution in [0.4, 0.5) is 0 Å². The van der Waals surface area contributed by atoms with Crippen LogP contribution in [-0.2, 0) is 17.6 Å². The molecule has 0 atom stereocenters. The molecule has 24 heavy (non-hydrogen) atoms. The Balaban J connectivity index is 1.44. The number of esters is 1. The van der Waals surface area contributed by atoms with Crippen LogP contribution in [0.5, 0.6) is 0 Å². The summed E-state index contributed by atoms with van der Waals surface area (Å²) in [4.78, 5) is 26.3. The molecule has 0 fully saturated rings. The SMILES string of the molecule is O=C(COC(=O)c1cc2c(s1)CCC2)c1ccc2ccccc2c1. The molecular weight excluding hydrogens is 320 g/mol. The minimum atomic E-state index is -0.400. The molecule has 120 valence electrons. The van der Waals surface area contributed by atoms with Gasteiger partial charge in [0.2, 0.25) is 0 Å². The third-order valence-electron chi connectivity index (χ3n) is 4.35. The molecule has 0 amide bonds. The van der Waals surface area contributed by atoms with Gasteiger partial charge in [0.25, 0.3) is 0 Å². The number of aryl methyl sites for hydroxylation is 2. The van der Waals surface area contributed by atoms with E-state index in [9.17, 15) is 9.59 Å². The number of fused-ring (bicyclic) bond motifs is 2. The summed E-state index contributed by atoms with van der Waals surface area (Å²) >= 11 is 1.49. The van der Waals surface area contributed by atoms with Crippen molar-refractivity contribution in [3.63, 3.8) is 0 Å². The van der Waals surface area contributed by atoms with Crippen molar-refractivity contribution >= 4 is 33.9 Å². The van der Waals surface area contributed by atoms with Gasteiger partial charge in [0.1, 0.15) is 4.88 Å². The van der Waals surface area contributed by atoms with Gasteiger partial charge >= 0.3 is 5.97 Å². The van der Waals surface area contributed by atoms with Crippen LogP contribution >= 0.6 is 11.3 Å². The molecule has 2 aromatic carbocycles. The van der Waals surface area contributed by atoms with Gasteiger partial charge in [0.05, 0.1) is 0 Å². The summed E-state index contributed by atoms with van der Waals surface area (Å²) in [6.07, 6.45) is 3.25. The van der Waals surface area contributed by atoms with Crippen LogP contribution < -0.4 is 0 Å². The maximum atomic E-state index is 12.3. The molecule has 4 heteroatoms. The van der Waals surface area contributed by atoms with Crippen LogP contribution in [0.2, 0.25) is 0 Å². The van der Waals surface area contributed by atoms with Crippen molar-refractivity contribution in [1.82, 2.24) is 0 Å². The standard InChI is InChI=1S/C20H16O3S/c21-17(15-9-8-13-4-1-2-5-14(13)10-15)12-23-20(22)19-11-16-6-3-7-18(16)24-19/h1-2,4-5,8-11H,3,6-7,12H2. The molecule has 3 nitrogen and oxygen atoms in total. The summed E-state index contributed by atoms with van der Waals surface area (Å²) in [5.74, 6) is -0.582. The maximum absolute atomic E-state index is 12.3. The number of hydrogen-bond acceptors (Lipinski definition) is 4. The van der Waals surface area contributed by atoms with Crippen LogP contribution in [0.1, 0.15) is 36.9 Å². The quantitative estimate of drug-likeness (QED) is 0.523. The highest BCUT2D eigenvalue weighted by atomic mass is 32.1. The Labute approximate surface area is 143 Å². The van der Waals surface area contributed by atoms with Gasteiger partial charge < -0.3 is 4.74 Å². The first-order valence-electron chi connectivity index (χ1n) is 8.01. The van der Waals surface area contributed by atoms with Crippen molar-refractivity contribution in [2.24, 2.45) is 0 Å². The van der Waals surface area contributed by atoms with Crippen LogP contribution in [0.3, 0.4) is 0 Å². The van der Waals surface area contributed by atoms with E-state index in [0.29, 0.717) is 10.4 Å². The third-order valence-corrected chi connectivity index (χ3v) is 5.57. The first-order valence-corrected chi connectivity index (χ1v) is 8.83. The largest absolute Gasteiger partial charge is 0.453 e. The average molecular weight is 336 g/mol. The van der Waals surface area contributed by atoms with E-state index in [4.69, 9.17) is 4.74 Å². The Hall–Kier alpha value is -2.46. The lowest BCUT2D eigenvalue weighted by molar-refractivity contribution is 0.0479. The van der Waals surface area contributed by atoms with Gasteiger partial charge in [0.15, 0.2) is 12.4 Å². The molecular formula is C20H16O3S. The number of benzene rings is 2. The molecule has 0 saturated carbocycles. The number of carbonyl (C=O) groups excluding carboxylic acids is 2. The van der Waals surface area contributed by atoms with Gasteiger partial charge in [-0.25, -0.2) is 4.79 Å². The molecule has 0 bridgehead atoms. The predicted octanol–water partition coefficient (Wildman–Crippen LogP) is 4.43. The lowest BCUT2D eigenvalue weighted by atomic mass is 10.0. The fourth-order valence-corrected chi connectivity index (χ4v) is 4.23. The van der Waals surface area contributed by atoms with Crippen molar-refractivity contribution < 1.29 is 14.3 Å². The summed E-state index contributed by atoms with van der Waals surface area (Å²) < 4.78 is 5.22. The van der Waals surface area contributed by atoms with Crippen molar-refractivity contribution in [1.29, 1.82) is 0 Å². The van der Waals surface area contributed by atoms with Gasteiger partial charge in [-0.3, -0.25) is 4.79 Å². The van der Waals surface area contributed by atoms with Gasteiger partial charge in [0, 0.05) is 10.4 Å². The van der Waals surface area contributed by atoms with E-state index in [2.05, 4.69) is 0 Å². The fourth-order valence-electron chi connectivity index (χ4n) is 3.08. The Morgan fingerprint density at radius 2 is 1.83 bits per heavy atom. The van der Waals surface area contributed by atoms with Crippen molar-refractivity contribution in [2.75, 3.05) is 6.61 Å². The molecule has 1 aliphatic carbocycles. The molecule has 1 aromatic heterocycles. The van der Waals surface area contributed by atoms with E-state index in [-0.39, 0.29) is 12.4 Å². The Kier molecular flexibility index (Phi) is 3.90. The van der Waals surface area contributed by atoms with E-state index < -0.39 is 5.97 Å². The minimum absolute atomic E-state index is 0.182. The zero-order valence-corrected chi connectivity index (χ0v) is 13.9. The van der Waals surface area contributed by atoms with Crippen LogP contribution in [-0.4, -0.2) is 18.4 Å². The van der Waals surface area contributed by atoms with Crippen LogP contribution in [0, 0.1) is 0 Å². The number of thiophene rings is 1. The van der Waals surface area contributed by atoms with Gasteiger partial charge in [-0.1, -0.05) is 36.4 Å². The molecule has 0 saturated heterocycles. The predicted molar refractivity (Wildman–Crippen MR) is 94.9 cm³/mol.